The van der Waals surface area contributed by atoms with Gasteiger partial charge in [0.05, 0.1) is 21.6 Å². The van der Waals surface area contributed by atoms with E-state index in [4.69, 9.17) is 4.74 Å². The van der Waals surface area contributed by atoms with E-state index in [-0.39, 0.29) is 28.1 Å². The number of amides is 2. The molecule has 0 saturated heterocycles. The number of esters is 1. The molecule has 0 fully saturated rings. The number of ether oxygens (including phenoxy) is 1. The number of imide groups is 1. The fraction of sp³-hybridized carbons (Fsp3) is 0.167. The molecule has 1 heterocycles. The van der Waals surface area contributed by atoms with Crippen LogP contribution in [0.3, 0.4) is 0 Å². The van der Waals surface area contributed by atoms with Crippen LogP contribution < -0.4 is 4.72 Å². The number of fused-ring (bicyclic) bond motifs is 1. The Morgan fingerprint density at radius 2 is 1.67 bits per heavy atom. The van der Waals surface area contributed by atoms with Crippen LogP contribution in [0, 0.1) is 0 Å². The fourth-order valence-electron chi connectivity index (χ4n) is 2.63. The van der Waals surface area contributed by atoms with Crippen LogP contribution in [-0.2, 0) is 14.8 Å². The quantitative estimate of drug-likeness (QED) is 0.592. The van der Waals surface area contributed by atoms with Crippen LogP contribution in [0.5, 0.6) is 0 Å². The molecule has 27 heavy (non-hydrogen) atoms. The molecule has 1 aliphatic rings. The predicted molar refractivity (Wildman–Crippen MR) is 94.5 cm³/mol. The lowest BCUT2D eigenvalue weighted by Crippen LogP contribution is -2.33. The van der Waals surface area contributed by atoms with Gasteiger partial charge in [-0.05, 0) is 30.3 Å². The number of carbonyl (C=O) groups excluding carboxylic acids is 3. The average molecular weight is 388 g/mol. The molecule has 1 aliphatic heterocycles. The SMILES string of the molecule is CCNS(=O)(=O)c1cccc(C(=O)OCN2C(=O)c3ccccc3C2=O)c1. The van der Waals surface area contributed by atoms with Gasteiger partial charge in [-0.2, -0.15) is 0 Å². The van der Waals surface area contributed by atoms with E-state index >= 15 is 0 Å². The maximum atomic E-state index is 12.2. The van der Waals surface area contributed by atoms with Crippen molar-refractivity contribution in [2.24, 2.45) is 0 Å². The Kier molecular flexibility index (Phi) is 5.06. The van der Waals surface area contributed by atoms with Crippen LogP contribution >= 0.6 is 0 Å². The predicted octanol–water partition coefficient (Wildman–Crippen LogP) is 1.40. The summed E-state index contributed by atoms with van der Waals surface area (Å²) in [5, 5.41) is 0. The number of carbonyl (C=O) groups is 3. The minimum Gasteiger partial charge on any atom is -0.440 e. The molecule has 2 aromatic carbocycles. The second-order valence-electron chi connectivity index (χ2n) is 5.67. The van der Waals surface area contributed by atoms with Crippen LogP contribution in [0.2, 0.25) is 0 Å². The van der Waals surface area contributed by atoms with Gasteiger partial charge in [-0.25, -0.2) is 22.8 Å². The molecule has 9 heteroatoms. The number of sulfonamides is 1. The van der Waals surface area contributed by atoms with E-state index in [2.05, 4.69) is 4.72 Å². The molecular formula is C18H16N2O6S. The Labute approximate surface area is 155 Å². The Bertz CT molecular complexity index is 997. The monoisotopic (exact) mass is 388 g/mol. The Hall–Kier alpha value is -3.04. The molecule has 0 unspecified atom stereocenters. The first kappa shape index (κ1) is 18.7. The first-order valence-corrected chi connectivity index (χ1v) is 9.55. The normalized spacial score (nSPS) is 13.6. The summed E-state index contributed by atoms with van der Waals surface area (Å²) in [7, 11) is -3.73. The van der Waals surface area contributed by atoms with Gasteiger partial charge in [-0.1, -0.05) is 25.1 Å². The first-order valence-electron chi connectivity index (χ1n) is 8.07. The molecule has 140 valence electrons. The molecule has 2 aromatic rings. The minimum absolute atomic E-state index is 0.00872. The second-order valence-corrected chi connectivity index (χ2v) is 7.44. The summed E-state index contributed by atoms with van der Waals surface area (Å²) in [6.45, 7) is 1.28. The van der Waals surface area contributed by atoms with Crippen molar-refractivity contribution in [2.45, 2.75) is 11.8 Å². The van der Waals surface area contributed by atoms with Crippen LogP contribution in [0.1, 0.15) is 38.0 Å². The zero-order chi connectivity index (χ0) is 19.6. The molecule has 3 rings (SSSR count). The number of hydrogen-bond donors (Lipinski definition) is 1. The standard InChI is InChI=1S/C18H16N2O6S/c1-2-19-27(24,25)13-7-5-6-12(10-13)18(23)26-11-20-16(21)14-8-3-4-9-15(14)17(20)22/h3-10,19H,2,11H2,1H3. The van der Waals surface area contributed by atoms with Crippen LogP contribution in [-0.4, -0.2) is 44.4 Å². The van der Waals surface area contributed by atoms with E-state index in [1.54, 1.807) is 19.1 Å². The topological polar surface area (TPSA) is 110 Å². The Balaban J connectivity index is 1.73. The van der Waals surface area contributed by atoms with Gasteiger partial charge in [0, 0.05) is 6.54 Å². The maximum Gasteiger partial charge on any atom is 0.339 e. The van der Waals surface area contributed by atoms with Crippen molar-refractivity contribution in [3.8, 4) is 0 Å². The van der Waals surface area contributed by atoms with E-state index in [0.717, 1.165) is 4.90 Å². The van der Waals surface area contributed by atoms with Gasteiger partial charge in [-0.3, -0.25) is 9.59 Å². The van der Waals surface area contributed by atoms with Gasteiger partial charge in [0.1, 0.15) is 0 Å². The lowest BCUT2D eigenvalue weighted by molar-refractivity contribution is 0.0228. The number of hydrogen-bond acceptors (Lipinski definition) is 6. The molecule has 0 bridgehead atoms. The highest BCUT2D eigenvalue weighted by Crippen LogP contribution is 2.22. The van der Waals surface area contributed by atoms with E-state index < -0.39 is 34.5 Å². The number of nitrogens with zero attached hydrogens (tertiary/aromatic N) is 1. The van der Waals surface area contributed by atoms with E-state index in [9.17, 15) is 22.8 Å². The van der Waals surface area contributed by atoms with Crippen LogP contribution in [0.4, 0.5) is 0 Å². The summed E-state index contributed by atoms with van der Waals surface area (Å²) >= 11 is 0. The molecule has 1 N–H and O–H groups in total. The van der Waals surface area contributed by atoms with Gasteiger partial charge in [0.25, 0.3) is 11.8 Å². The number of benzene rings is 2. The summed E-state index contributed by atoms with van der Waals surface area (Å²) in [5.41, 5.74) is 0.486. The van der Waals surface area contributed by atoms with Crippen molar-refractivity contribution in [1.82, 2.24) is 9.62 Å². The van der Waals surface area contributed by atoms with Gasteiger partial charge >= 0.3 is 5.97 Å². The molecular weight excluding hydrogens is 372 g/mol. The molecule has 0 radical (unpaired) electrons. The van der Waals surface area contributed by atoms with Crippen molar-refractivity contribution in [3.05, 3.63) is 65.2 Å². The second kappa shape index (κ2) is 7.29. The molecule has 0 aromatic heterocycles. The maximum absolute atomic E-state index is 12.2. The first-order chi connectivity index (χ1) is 12.8. The van der Waals surface area contributed by atoms with E-state index in [1.165, 1.54) is 36.4 Å². The highest BCUT2D eigenvalue weighted by molar-refractivity contribution is 7.89. The summed E-state index contributed by atoms with van der Waals surface area (Å²) in [6.07, 6.45) is 0. The summed E-state index contributed by atoms with van der Waals surface area (Å²) in [4.78, 5) is 37.5. The average Bonchev–Trinajstić information content (AvgIpc) is 2.91. The van der Waals surface area contributed by atoms with E-state index in [0.29, 0.717) is 0 Å². The van der Waals surface area contributed by atoms with Gasteiger partial charge in [0.15, 0.2) is 6.73 Å². The third-order valence-electron chi connectivity index (χ3n) is 3.92. The number of nitrogens with one attached hydrogen (secondary N) is 1. The minimum atomic E-state index is -3.73. The molecule has 0 aliphatic carbocycles. The smallest absolute Gasteiger partial charge is 0.339 e. The van der Waals surface area contributed by atoms with Crippen LogP contribution in [0.15, 0.2) is 53.4 Å². The van der Waals surface area contributed by atoms with Crippen molar-refractivity contribution in [3.63, 3.8) is 0 Å². The lowest BCUT2D eigenvalue weighted by Gasteiger charge is -2.14. The molecule has 0 saturated carbocycles. The van der Waals surface area contributed by atoms with E-state index in [1.807, 2.05) is 0 Å². The molecule has 2 amide bonds. The summed E-state index contributed by atoms with van der Waals surface area (Å²) < 4.78 is 31.4. The third kappa shape index (κ3) is 3.60. The van der Waals surface area contributed by atoms with Gasteiger partial charge < -0.3 is 4.74 Å². The molecule has 0 spiro atoms. The molecule has 8 nitrogen and oxygen atoms in total. The van der Waals surface area contributed by atoms with Crippen molar-refractivity contribution in [2.75, 3.05) is 13.3 Å². The van der Waals surface area contributed by atoms with Crippen molar-refractivity contribution < 1.29 is 27.5 Å². The van der Waals surface area contributed by atoms with Gasteiger partial charge in [0.2, 0.25) is 10.0 Å². The lowest BCUT2D eigenvalue weighted by atomic mass is 10.1. The van der Waals surface area contributed by atoms with Crippen LogP contribution in [0.25, 0.3) is 0 Å². The fourth-order valence-corrected chi connectivity index (χ4v) is 3.71. The number of rotatable bonds is 6. The zero-order valence-corrected chi connectivity index (χ0v) is 15.2. The summed E-state index contributed by atoms with van der Waals surface area (Å²) in [5.74, 6) is -1.95. The largest absolute Gasteiger partial charge is 0.440 e. The van der Waals surface area contributed by atoms with Crippen molar-refractivity contribution in [1.29, 1.82) is 0 Å². The highest BCUT2D eigenvalue weighted by atomic mass is 32.2. The zero-order valence-electron chi connectivity index (χ0n) is 14.3. The van der Waals surface area contributed by atoms with Gasteiger partial charge in [-0.15, -0.1) is 0 Å². The Morgan fingerprint density at radius 1 is 1.04 bits per heavy atom. The van der Waals surface area contributed by atoms with Crippen molar-refractivity contribution >= 4 is 27.8 Å². The summed E-state index contributed by atoms with van der Waals surface area (Å²) in [6, 6.07) is 11.6. The Morgan fingerprint density at radius 3 is 2.26 bits per heavy atom. The third-order valence-corrected chi connectivity index (χ3v) is 5.46. The molecule has 0 atom stereocenters. The highest BCUT2D eigenvalue weighted by Gasteiger charge is 2.35.